The maximum atomic E-state index is 12.3. The lowest BCUT2D eigenvalue weighted by Gasteiger charge is -2.08. The molecule has 0 radical (unpaired) electrons. The van der Waals surface area contributed by atoms with Gasteiger partial charge >= 0.3 is 0 Å². The lowest BCUT2D eigenvalue weighted by molar-refractivity contribution is -0.116. The third-order valence-corrected chi connectivity index (χ3v) is 4.12. The zero-order valence-corrected chi connectivity index (χ0v) is 13.5. The van der Waals surface area contributed by atoms with Gasteiger partial charge in [0.05, 0.1) is 5.92 Å². The molecule has 1 aliphatic heterocycles. The summed E-state index contributed by atoms with van der Waals surface area (Å²) in [6, 6.07) is 11.8. The highest BCUT2D eigenvalue weighted by Gasteiger charge is 2.27. The zero-order valence-electron chi connectivity index (χ0n) is 13.5. The van der Waals surface area contributed by atoms with Gasteiger partial charge in [-0.25, -0.2) is 0 Å². The number of anilines is 1. The van der Waals surface area contributed by atoms with Crippen molar-refractivity contribution in [2.45, 2.75) is 19.8 Å². The van der Waals surface area contributed by atoms with Gasteiger partial charge in [0.2, 0.25) is 5.91 Å². The maximum Gasteiger partial charge on any atom is 0.231 e. The third-order valence-electron chi connectivity index (χ3n) is 4.12. The molecule has 1 unspecified atom stereocenters. The molecule has 0 fully saturated rings. The Morgan fingerprint density at radius 2 is 1.75 bits per heavy atom. The minimum absolute atomic E-state index is 0.0203. The van der Waals surface area contributed by atoms with Crippen molar-refractivity contribution in [2.24, 2.45) is 0 Å². The van der Waals surface area contributed by atoms with Crippen molar-refractivity contribution >= 4 is 23.2 Å². The van der Waals surface area contributed by atoms with E-state index < -0.39 is 0 Å². The van der Waals surface area contributed by atoms with Gasteiger partial charge in [0.1, 0.15) is 5.75 Å². The summed E-state index contributed by atoms with van der Waals surface area (Å²) in [7, 11) is 0. The lowest BCUT2D eigenvalue weighted by atomic mass is 9.99. The first-order valence-corrected chi connectivity index (χ1v) is 7.67. The van der Waals surface area contributed by atoms with Crippen molar-refractivity contribution in [3.05, 3.63) is 59.2 Å². The van der Waals surface area contributed by atoms with Gasteiger partial charge in [-0.2, -0.15) is 0 Å². The van der Waals surface area contributed by atoms with Crippen LogP contribution in [0.2, 0.25) is 0 Å². The fourth-order valence-electron chi connectivity index (χ4n) is 2.61. The smallest absolute Gasteiger partial charge is 0.231 e. The molecule has 0 aliphatic carbocycles. The highest BCUT2D eigenvalue weighted by Crippen LogP contribution is 2.32. The van der Waals surface area contributed by atoms with Crippen LogP contribution in [-0.4, -0.2) is 24.1 Å². The number of carbonyl (C=O) groups excluding carboxylic acids is 3. The van der Waals surface area contributed by atoms with Crippen molar-refractivity contribution in [3.8, 4) is 5.75 Å². The molecular weight excluding hydrogens is 306 g/mol. The average molecular weight is 323 g/mol. The molecule has 2 aromatic rings. The standard InChI is InChI=1S/C19H17NO4/c1-11-16-9-14(5-8-17(16)20-19(11)23)18(22)10-24-15-6-3-13(4-7-15)12(2)21/h3-9,11H,10H2,1-2H3,(H,20,23). The number of Topliss-reactive ketones (excluding diaryl/α,β-unsaturated/α-hetero) is 2. The van der Waals surface area contributed by atoms with E-state index in [4.69, 9.17) is 4.74 Å². The molecule has 0 aromatic heterocycles. The predicted octanol–water partition coefficient (Wildman–Crippen LogP) is 3.21. The van der Waals surface area contributed by atoms with Gasteiger partial charge in [0, 0.05) is 16.8 Å². The number of benzene rings is 2. The SMILES string of the molecule is CC(=O)c1ccc(OCC(=O)c2ccc3c(c2)C(C)C(=O)N3)cc1. The normalized spacial score (nSPS) is 15.6. The van der Waals surface area contributed by atoms with Gasteiger partial charge in [-0.05, 0) is 61.9 Å². The van der Waals surface area contributed by atoms with Crippen LogP contribution < -0.4 is 10.1 Å². The van der Waals surface area contributed by atoms with Crippen molar-refractivity contribution in [3.63, 3.8) is 0 Å². The maximum absolute atomic E-state index is 12.3. The summed E-state index contributed by atoms with van der Waals surface area (Å²) < 4.78 is 5.48. The Balaban J connectivity index is 1.68. The first-order valence-electron chi connectivity index (χ1n) is 7.67. The predicted molar refractivity (Wildman–Crippen MR) is 89.8 cm³/mol. The van der Waals surface area contributed by atoms with E-state index >= 15 is 0 Å². The van der Waals surface area contributed by atoms with E-state index in [1.807, 2.05) is 6.92 Å². The minimum atomic E-state index is -0.257. The van der Waals surface area contributed by atoms with E-state index in [9.17, 15) is 14.4 Å². The average Bonchev–Trinajstić information content (AvgIpc) is 2.87. The second kappa shape index (κ2) is 6.28. The fourth-order valence-corrected chi connectivity index (χ4v) is 2.61. The number of ketones is 2. The van der Waals surface area contributed by atoms with Gasteiger partial charge in [0.25, 0.3) is 0 Å². The van der Waals surface area contributed by atoms with Crippen molar-refractivity contribution in [1.82, 2.24) is 0 Å². The highest BCUT2D eigenvalue weighted by atomic mass is 16.5. The van der Waals surface area contributed by atoms with Crippen molar-refractivity contribution in [2.75, 3.05) is 11.9 Å². The van der Waals surface area contributed by atoms with Crippen LogP contribution in [0.5, 0.6) is 5.75 Å². The van der Waals surface area contributed by atoms with E-state index in [1.165, 1.54) is 6.92 Å². The third kappa shape index (κ3) is 3.06. The molecule has 5 heteroatoms. The van der Waals surface area contributed by atoms with E-state index in [-0.39, 0.29) is 30.0 Å². The van der Waals surface area contributed by atoms with E-state index in [0.29, 0.717) is 16.9 Å². The summed E-state index contributed by atoms with van der Waals surface area (Å²) in [6.45, 7) is 3.20. The first-order chi connectivity index (χ1) is 11.5. The summed E-state index contributed by atoms with van der Waals surface area (Å²) >= 11 is 0. The van der Waals surface area contributed by atoms with Crippen molar-refractivity contribution < 1.29 is 19.1 Å². The largest absolute Gasteiger partial charge is 0.485 e. The molecule has 1 N–H and O–H groups in total. The summed E-state index contributed by atoms with van der Waals surface area (Å²) in [5, 5.41) is 2.78. The first kappa shape index (κ1) is 15.9. The summed E-state index contributed by atoms with van der Waals surface area (Å²) in [4.78, 5) is 35.2. The van der Waals surface area contributed by atoms with Crippen LogP contribution in [0.3, 0.4) is 0 Å². The zero-order chi connectivity index (χ0) is 17.3. The molecule has 0 spiro atoms. The molecule has 5 nitrogen and oxygen atoms in total. The molecule has 24 heavy (non-hydrogen) atoms. The topological polar surface area (TPSA) is 72.5 Å². The summed E-state index contributed by atoms with van der Waals surface area (Å²) in [5.41, 5.74) is 2.69. The number of nitrogens with one attached hydrogen (secondary N) is 1. The van der Waals surface area contributed by atoms with Gasteiger partial charge in [-0.15, -0.1) is 0 Å². The second-order valence-electron chi connectivity index (χ2n) is 5.81. The molecule has 1 aliphatic rings. The molecule has 122 valence electrons. The number of hydrogen-bond donors (Lipinski definition) is 1. The number of hydrogen-bond acceptors (Lipinski definition) is 4. The van der Waals surface area contributed by atoms with Crippen LogP contribution in [0.1, 0.15) is 46.0 Å². The molecule has 1 amide bonds. The monoisotopic (exact) mass is 323 g/mol. The summed E-state index contributed by atoms with van der Waals surface area (Å²) in [6.07, 6.45) is 0. The molecule has 3 rings (SSSR count). The molecule has 0 saturated carbocycles. The number of carbonyl (C=O) groups is 3. The molecule has 0 bridgehead atoms. The number of rotatable bonds is 5. The van der Waals surface area contributed by atoms with Gasteiger partial charge < -0.3 is 10.1 Å². The molecule has 2 aromatic carbocycles. The molecular formula is C19H17NO4. The highest BCUT2D eigenvalue weighted by molar-refractivity contribution is 6.05. The number of fused-ring (bicyclic) bond motifs is 1. The van der Waals surface area contributed by atoms with E-state index in [2.05, 4.69) is 5.32 Å². The summed E-state index contributed by atoms with van der Waals surface area (Å²) in [5.74, 6) is 0.0250. The Morgan fingerprint density at radius 3 is 2.42 bits per heavy atom. The Labute approximate surface area is 139 Å². The van der Waals surface area contributed by atoms with Crippen LogP contribution >= 0.6 is 0 Å². The second-order valence-corrected chi connectivity index (χ2v) is 5.81. The van der Waals surface area contributed by atoms with Crippen molar-refractivity contribution in [1.29, 1.82) is 0 Å². The van der Waals surface area contributed by atoms with Crippen LogP contribution in [-0.2, 0) is 4.79 Å². The van der Waals surface area contributed by atoms with Gasteiger partial charge in [0.15, 0.2) is 18.2 Å². The lowest BCUT2D eigenvalue weighted by Crippen LogP contribution is -2.12. The Morgan fingerprint density at radius 1 is 1.08 bits per heavy atom. The van der Waals surface area contributed by atoms with Crippen LogP contribution in [0.15, 0.2) is 42.5 Å². The van der Waals surface area contributed by atoms with Crippen LogP contribution in [0, 0.1) is 0 Å². The number of ether oxygens (including phenoxy) is 1. The van der Waals surface area contributed by atoms with Gasteiger partial charge in [-0.3, -0.25) is 14.4 Å². The fraction of sp³-hybridized carbons (Fsp3) is 0.211. The minimum Gasteiger partial charge on any atom is -0.485 e. The molecule has 1 atom stereocenters. The van der Waals surface area contributed by atoms with E-state index in [0.717, 1.165) is 11.3 Å². The van der Waals surface area contributed by atoms with Crippen LogP contribution in [0.25, 0.3) is 0 Å². The Bertz CT molecular complexity index is 824. The van der Waals surface area contributed by atoms with Crippen LogP contribution in [0.4, 0.5) is 5.69 Å². The number of amides is 1. The van der Waals surface area contributed by atoms with Gasteiger partial charge in [-0.1, -0.05) is 0 Å². The quantitative estimate of drug-likeness (QED) is 0.858. The van der Waals surface area contributed by atoms with E-state index in [1.54, 1.807) is 42.5 Å². The molecule has 1 heterocycles. The Kier molecular flexibility index (Phi) is 4.16. The molecule has 0 saturated heterocycles. The Hall–Kier alpha value is -2.95.